The summed E-state index contributed by atoms with van der Waals surface area (Å²) < 4.78 is 6.44. The zero-order chi connectivity index (χ0) is 14.1. The lowest BCUT2D eigenvalue weighted by atomic mass is 10.0. The van der Waals surface area contributed by atoms with Gasteiger partial charge in [0.05, 0.1) is 12.8 Å². The average molecular weight is 294 g/mol. The molecule has 0 atom stereocenters. The number of esters is 1. The maximum Gasteiger partial charge on any atom is 0.358 e. The second-order valence-corrected chi connectivity index (χ2v) is 5.36. The van der Waals surface area contributed by atoms with E-state index >= 15 is 0 Å². The second-order valence-electron chi connectivity index (χ2n) is 5.01. The van der Waals surface area contributed by atoms with Crippen molar-refractivity contribution in [3.8, 4) is 0 Å². The van der Waals surface area contributed by atoms with E-state index in [1.54, 1.807) is 6.92 Å². The molecule has 2 heterocycles. The van der Waals surface area contributed by atoms with Crippen LogP contribution in [0.25, 0.3) is 5.65 Å². The van der Waals surface area contributed by atoms with Crippen molar-refractivity contribution in [2.45, 2.75) is 38.5 Å². The van der Waals surface area contributed by atoms with Gasteiger partial charge in [0.2, 0.25) is 0 Å². The SMILES string of the molecule is CCOC(=O)c1cnc2cc(C3CCCC3)c(Cl)nn12. The van der Waals surface area contributed by atoms with Crippen LogP contribution in [0.5, 0.6) is 0 Å². The van der Waals surface area contributed by atoms with E-state index in [4.69, 9.17) is 16.3 Å². The molecule has 2 aromatic rings. The van der Waals surface area contributed by atoms with E-state index in [1.807, 2.05) is 6.07 Å². The molecule has 6 heteroatoms. The molecule has 0 unspecified atom stereocenters. The largest absolute Gasteiger partial charge is 0.461 e. The van der Waals surface area contributed by atoms with Gasteiger partial charge in [-0.05, 0) is 37.3 Å². The number of nitrogens with zero attached hydrogens (tertiary/aromatic N) is 3. The first-order chi connectivity index (χ1) is 9.70. The highest BCUT2D eigenvalue weighted by Gasteiger charge is 2.23. The number of rotatable bonds is 3. The van der Waals surface area contributed by atoms with E-state index < -0.39 is 5.97 Å². The number of carbonyl (C=O) groups is 1. The van der Waals surface area contributed by atoms with E-state index in [-0.39, 0.29) is 0 Å². The average Bonchev–Trinajstić information content (AvgIpc) is 3.06. The molecule has 1 saturated carbocycles. The highest BCUT2D eigenvalue weighted by atomic mass is 35.5. The Labute approximate surface area is 121 Å². The summed E-state index contributed by atoms with van der Waals surface area (Å²) in [5.41, 5.74) is 1.98. The van der Waals surface area contributed by atoms with Gasteiger partial charge >= 0.3 is 5.97 Å². The Kier molecular flexibility index (Phi) is 3.61. The van der Waals surface area contributed by atoms with Gasteiger partial charge in [0.1, 0.15) is 0 Å². The Morgan fingerprint density at radius 1 is 1.50 bits per heavy atom. The van der Waals surface area contributed by atoms with Crippen molar-refractivity contribution in [1.29, 1.82) is 0 Å². The zero-order valence-corrected chi connectivity index (χ0v) is 12.1. The monoisotopic (exact) mass is 293 g/mol. The van der Waals surface area contributed by atoms with Crippen LogP contribution in [0, 0.1) is 0 Å². The number of halogens is 1. The van der Waals surface area contributed by atoms with Gasteiger partial charge in [-0.1, -0.05) is 24.4 Å². The molecule has 2 aromatic heterocycles. The van der Waals surface area contributed by atoms with Crippen molar-refractivity contribution in [2.75, 3.05) is 6.61 Å². The van der Waals surface area contributed by atoms with Crippen LogP contribution in [0.1, 0.15) is 54.6 Å². The lowest BCUT2D eigenvalue weighted by molar-refractivity contribution is 0.0516. The van der Waals surface area contributed by atoms with Crippen LogP contribution < -0.4 is 0 Å². The summed E-state index contributed by atoms with van der Waals surface area (Å²) in [6, 6.07) is 1.94. The molecule has 0 spiro atoms. The molecule has 0 aliphatic heterocycles. The zero-order valence-electron chi connectivity index (χ0n) is 11.3. The standard InChI is InChI=1S/C14H16ClN3O2/c1-2-20-14(19)11-8-16-12-7-10(9-5-3-4-6-9)13(15)17-18(11)12/h7-9H,2-6H2,1H3. The topological polar surface area (TPSA) is 56.5 Å². The van der Waals surface area contributed by atoms with Gasteiger partial charge in [-0.2, -0.15) is 5.10 Å². The quantitative estimate of drug-likeness (QED) is 0.815. The molecule has 0 amide bonds. The maximum absolute atomic E-state index is 11.8. The Morgan fingerprint density at radius 2 is 2.25 bits per heavy atom. The van der Waals surface area contributed by atoms with Crippen molar-refractivity contribution < 1.29 is 9.53 Å². The van der Waals surface area contributed by atoms with Gasteiger partial charge in [0, 0.05) is 0 Å². The third kappa shape index (κ3) is 2.26. The molecule has 20 heavy (non-hydrogen) atoms. The Balaban J connectivity index is 2.03. The van der Waals surface area contributed by atoms with Crippen molar-refractivity contribution in [3.05, 3.63) is 28.7 Å². The number of hydrogen-bond donors (Lipinski definition) is 0. The fourth-order valence-electron chi connectivity index (χ4n) is 2.78. The molecule has 1 fully saturated rings. The minimum Gasteiger partial charge on any atom is -0.461 e. The normalized spacial score (nSPS) is 15.9. The van der Waals surface area contributed by atoms with E-state index in [0.29, 0.717) is 29.0 Å². The fourth-order valence-corrected chi connectivity index (χ4v) is 3.06. The van der Waals surface area contributed by atoms with E-state index in [0.717, 1.165) is 18.4 Å². The van der Waals surface area contributed by atoms with Crippen molar-refractivity contribution in [1.82, 2.24) is 14.6 Å². The van der Waals surface area contributed by atoms with E-state index in [9.17, 15) is 4.79 Å². The number of hydrogen-bond acceptors (Lipinski definition) is 4. The molecule has 1 aliphatic rings. The van der Waals surface area contributed by atoms with Crippen LogP contribution in [0.4, 0.5) is 0 Å². The van der Waals surface area contributed by atoms with Crippen molar-refractivity contribution in [2.24, 2.45) is 0 Å². The molecule has 0 aromatic carbocycles. The maximum atomic E-state index is 11.8. The van der Waals surface area contributed by atoms with Crippen LogP contribution in [0.3, 0.4) is 0 Å². The molecular formula is C14H16ClN3O2. The fraction of sp³-hybridized carbons (Fsp3) is 0.500. The summed E-state index contributed by atoms with van der Waals surface area (Å²) in [6.07, 6.45) is 6.23. The summed E-state index contributed by atoms with van der Waals surface area (Å²) in [4.78, 5) is 16.0. The van der Waals surface area contributed by atoms with Gasteiger partial charge in [0.15, 0.2) is 16.5 Å². The van der Waals surface area contributed by atoms with Gasteiger partial charge in [0.25, 0.3) is 0 Å². The number of ether oxygens (including phenoxy) is 1. The Bertz CT molecular complexity index is 647. The smallest absolute Gasteiger partial charge is 0.358 e. The predicted molar refractivity (Wildman–Crippen MR) is 75.2 cm³/mol. The summed E-state index contributed by atoms with van der Waals surface area (Å²) in [7, 11) is 0. The van der Waals surface area contributed by atoms with Gasteiger partial charge in [-0.3, -0.25) is 0 Å². The lowest BCUT2D eigenvalue weighted by Gasteiger charge is -2.11. The highest BCUT2D eigenvalue weighted by Crippen LogP contribution is 2.37. The van der Waals surface area contributed by atoms with Crippen molar-refractivity contribution in [3.63, 3.8) is 0 Å². The molecule has 0 saturated heterocycles. The molecule has 0 N–H and O–H groups in total. The van der Waals surface area contributed by atoms with Crippen LogP contribution in [0.15, 0.2) is 12.3 Å². The van der Waals surface area contributed by atoms with E-state index in [1.165, 1.54) is 23.6 Å². The molecule has 5 nitrogen and oxygen atoms in total. The van der Waals surface area contributed by atoms with Crippen LogP contribution >= 0.6 is 11.6 Å². The first-order valence-electron chi connectivity index (χ1n) is 6.92. The van der Waals surface area contributed by atoms with Crippen LogP contribution in [-0.2, 0) is 4.74 Å². The second kappa shape index (κ2) is 5.40. The number of carbonyl (C=O) groups excluding carboxylic acids is 1. The van der Waals surface area contributed by atoms with Gasteiger partial charge in [-0.15, -0.1) is 0 Å². The molecule has 3 rings (SSSR count). The van der Waals surface area contributed by atoms with E-state index in [2.05, 4.69) is 10.1 Å². The van der Waals surface area contributed by atoms with Crippen LogP contribution in [0.2, 0.25) is 5.15 Å². The van der Waals surface area contributed by atoms with Gasteiger partial charge < -0.3 is 4.74 Å². The summed E-state index contributed by atoms with van der Waals surface area (Å²) in [5.74, 6) is 0.0277. The summed E-state index contributed by atoms with van der Waals surface area (Å²) in [6.45, 7) is 2.08. The Hall–Kier alpha value is -1.62. The number of imidazole rings is 1. The Morgan fingerprint density at radius 3 is 2.95 bits per heavy atom. The van der Waals surface area contributed by atoms with Crippen LogP contribution in [-0.4, -0.2) is 27.2 Å². The first-order valence-corrected chi connectivity index (χ1v) is 7.29. The summed E-state index contributed by atoms with van der Waals surface area (Å²) >= 11 is 6.28. The first kappa shape index (κ1) is 13.4. The molecule has 1 aliphatic carbocycles. The third-order valence-corrected chi connectivity index (χ3v) is 4.05. The lowest BCUT2D eigenvalue weighted by Crippen LogP contribution is -2.10. The number of fused-ring (bicyclic) bond motifs is 1. The molecule has 106 valence electrons. The minimum absolute atomic E-state index is 0.307. The highest BCUT2D eigenvalue weighted by molar-refractivity contribution is 6.30. The number of aromatic nitrogens is 3. The third-order valence-electron chi connectivity index (χ3n) is 3.75. The van der Waals surface area contributed by atoms with Crippen molar-refractivity contribution >= 4 is 23.2 Å². The summed E-state index contributed by atoms with van der Waals surface area (Å²) in [5, 5.41) is 4.75. The molecule has 0 radical (unpaired) electrons. The van der Waals surface area contributed by atoms with Gasteiger partial charge in [-0.25, -0.2) is 14.3 Å². The predicted octanol–water partition coefficient (Wildman–Crippen LogP) is 3.22. The minimum atomic E-state index is -0.433. The molecular weight excluding hydrogens is 278 g/mol. The molecule has 0 bridgehead atoms.